The Morgan fingerprint density at radius 2 is 2.29 bits per heavy atom. The van der Waals surface area contributed by atoms with Gasteiger partial charge < -0.3 is 10.2 Å². The first kappa shape index (κ1) is 12.5. The van der Waals surface area contributed by atoms with Gasteiger partial charge in [-0.05, 0) is 35.9 Å². The number of carbonyl (C=O) groups excluding carboxylic acids is 1. The molecule has 0 aromatic heterocycles. The zero-order valence-corrected chi connectivity index (χ0v) is 11.0. The van der Waals surface area contributed by atoms with E-state index in [4.69, 9.17) is 0 Å². The number of fused-ring (bicyclic) bond motifs is 1. The number of likely N-dealkylation sites (N-methyl/N-ethyl adjacent to an activating group) is 1. The molecule has 0 fully saturated rings. The fourth-order valence-corrected chi connectivity index (χ4v) is 2.23. The molecule has 1 aliphatic rings. The Labute approximate surface area is 108 Å². The van der Waals surface area contributed by atoms with Crippen molar-refractivity contribution in [2.75, 3.05) is 24.2 Å². The minimum atomic E-state index is 0.181. The number of benzene rings is 1. The minimum Gasteiger partial charge on any atom is -0.315 e. The van der Waals surface area contributed by atoms with Gasteiger partial charge in [-0.1, -0.05) is 12.1 Å². The van der Waals surface area contributed by atoms with E-state index >= 15 is 0 Å². The smallest absolute Gasteiger partial charge is 0.231 e. The van der Waals surface area contributed by atoms with Gasteiger partial charge in [0.15, 0.2) is 0 Å². The van der Waals surface area contributed by atoms with Gasteiger partial charge in [0.1, 0.15) is 0 Å². The highest BCUT2D eigenvalue weighted by Crippen LogP contribution is 2.28. The van der Waals surface area contributed by atoms with Crippen LogP contribution >= 0.6 is 12.6 Å². The van der Waals surface area contributed by atoms with Crippen LogP contribution in [0.25, 0.3) is 0 Å². The second-order valence-corrected chi connectivity index (χ2v) is 4.79. The molecule has 0 radical (unpaired) electrons. The summed E-state index contributed by atoms with van der Waals surface area (Å²) in [6.45, 7) is 1.85. The van der Waals surface area contributed by atoms with Crippen LogP contribution in [-0.2, 0) is 17.8 Å². The maximum Gasteiger partial charge on any atom is 0.231 e. The van der Waals surface area contributed by atoms with E-state index in [9.17, 15) is 4.79 Å². The Hall–Kier alpha value is -1.00. The van der Waals surface area contributed by atoms with E-state index in [1.807, 2.05) is 13.1 Å². The normalized spacial score (nSPS) is 14.2. The summed E-state index contributed by atoms with van der Waals surface area (Å²) in [7, 11) is 1.83. The maximum atomic E-state index is 11.5. The van der Waals surface area contributed by atoms with Crippen molar-refractivity contribution in [2.45, 2.75) is 19.4 Å². The van der Waals surface area contributed by atoms with Gasteiger partial charge in [0.25, 0.3) is 0 Å². The number of anilines is 1. The van der Waals surface area contributed by atoms with Gasteiger partial charge >= 0.3 is 0 Å². The van der Waals surface area contributed by atoms with Gasteiger partial charge in [0, 0.05) is 19.3 Å². The van der Waals surface area contributed by atoms with Crippen LogP contribution in [0.4, 0.5) is 5.69 Å². The molecule has 92 valence electrons. The maximum absolute atomic E-state index is 11.5. The molecule has 1 aromatic rings. The van der Waals surface area contributed by atoms with Crippen molar-refractivity contribution in [3.8, 4) is 0 Å². The molecular weight excluding hydrogens is 232 g/mol. The van der Waals surface area contributed by atoms with E-state index in [2.05, 4.69) is 30.1 Å². The first-order valence-corrected chi connectivity index (χ1v) is 6.55. The fourth-order valence-electron chi connectivity index (χ4n) is 2.07. The van der Waals surface area contributed by atoms with Gasteiger partial charge in [-0.2, -0.15) is 12.6 Å². The van der Waals surface area contributed by atoms with E-state index in [0.717, 1.165) is 36.5 Å². The standard InChI is InChI=1S/C13H18N2OS/c1-15-12-4-3-10(9-14-5-2-6-17)7-11(12)8-13(15)16/h3-4,7,14,17H,2,5-6,8-9H2,1H3. The fraction of sp³-hybridized carbons (Fsp3) is 0.462. The van der Waals surface area contributed by atoms with E-state index in [1.165, 1.54) is 5.56 Å². The Morgan fingerprint density at radius 3 is 3.06 bits per heavy atom. The van der Waals surface area contributed by atoms with Gasteiger partial charge in [0.05, 0.1) is 6.42 Å². The van der Waals surface area contributed by atoms with Gasteiger partial charge in [0.2, 0.25) is 5.91 Å². The van der Waals surface area contributed by atoms with Crippen molar-refractivity contribution < 1.29 is 4.79 Å². The molecule has 0 atom stereocenters. The minimum absolute atomic E-state index is 0.181. The molecule has 3 nitrogen and oxygen atoms in total. The number of amides is 1. The van der Waals surface area contributed by atoms with Crippen molar-refractivity contribution >= 4 is 24.2 Å². The summed E-state index contributed by atoms with van der Waals surface area (Å²) >= 11 is 4.17. The van der Waals surface area contributed by atoms with Crippen LogP contribution in [0.15, 0.2) is 18.2 Å². The van der Waals surface area contributed by atoms with Crippen LogP contribution in [0.2, 0.25) is 0 Å². The quantitative estimate of drug-likeness (QED) is 0.615. The van der Waals surface area contributed by atoms with Crippen molar-refractivity contribution in [3.05, 3.63) is 29.3 Å². The van der Waals surface area contributed by atoms with Crippen molar-refractivity contribution in [1.82, 2.24) is 5.32 Å². The predicted molar refractivity (Wildman–Crippen MR) is 73.7 cm³/mol. The van der Waals surface area contributed by atoms with Crippen molar-refractivity contribution in [3.63, 3.8) is 0 Å². The van der Waals surface area contributed by atoms with Crippen molar-refractivity contribution in [2.24, 2.45) is 0 Å². The first-order valence-electron chi connectivity index (χ1n) is 5.92. The largest absolute Gasteiger partial charge is 0.315 e. The van der Waals surface area contributed by atoms with Crippen LogP contribution in [-0.4, -0.2) is 25.3 Å². The molecule has 1 N–H and O–H groups in total. The monoisotopic (exact) mass is 250 g/mol. The third kappa shape index (κ3) is 2.82. The number of thiol groups is 1. The molecule has 1 amide bonds. The van der Waals surface area contributed by atoms with Crippen LogP contribution < -0.4 is 10.2 Å². The van der Waals surface area contributed by atoms with E-state index in [-0.39, 0.29) is 5.91 Å². The summed E-state index contributed by atoms with van der Waals surface area (Å²) < 4.78 is 0. The van der Waals surface area contributed by atoms with Gasteiger partial charge in [-0.3, -0.25) is 4.79 Å². The second kappa shape index (κ2) is 5.56. The number of carbonyl (C=O) groups is 1. The third-order valence-corrected chi connectivity index (χ3v) is 3.38. The van der Waals surface area contributed by atoms with E-state index in [0.29, 0.717) is 6.42 Å². The summed E-state index contributed by atoms with van der Waals surface area (Å²) in [6.07, 6.45) is 1.62. The molecule has 0 aliphatic carbocycles. The molecule has 0 unspecified atom stereocenters. The topological polar surface area (TPSA) is 32.3 Å². The number of nitrogens with one attached hydrogen (secondary N) is 1. The summed E-state index contributed by atoms with van der Waals surface area (Å²) in [5.74, 6) is 1.09. The van der Waals surface area contributed by atoms with Crippen LogP contribution in [0, 0.1) is 0 Å². The number of nitrogens with zero attached hydrogens (tertiary/aromatic N) is 1. The highest BCUT2D eigenvalue weighted by atomic mass is 32.1. The van der Waals surface area contributed by atoms with Crippen LogP contribution in [0.1, 0.15) is 17.5 Å². The molecule has 0 spiro atoms. The summed E-state index contributed by atoms with van der Waals surface area (Å²) in [5.41, 5.74) is 3.44. The molecule has 17 heavy (non-hydrogen) atoms. The average Bonchev–Trinajstić information content (AvgIpc) is 2.61. The lowest BCUT2D eigenvalue weighted by Crippen LogP contribution is -2.20. The molecule has 0 saturated heterocycles. The Morgan fingerprint density at radius 1 is 1.47 bits per heavy atom. The summed E-state index contributed by atoms with van der Waals surface area (Å²) in [6, 6.07) is 6.25. The predicted octanol–water partition coefficient (Wildman–Crippen LogP) is 1.61. The Kier molecular flexibility index (Phi) is 4.07. The number of hydrogen-bond acceptors (Lipinski definition) is 3. The number of hydrogen-bond donors (Lipinski definition) is 2. The lowest BCUT2D eigenvalue weighted by atomic mass is 10.1. The Bertz CT molecular complexity index is 420. The van der Waals surface area contributed by atoms with Crippen molar-refractivity contribution in [1.29, 1.82) is 0 Å². The zero-order chi connectivity index (χ0) is 12.3. The molecule has 1 heterocycles. The molecule has 4 heteroatoms. The molecular formula is C13H18N2OS. The average molecular weight is 250 g/mol. The second-order valence-electron chi connectivity index (χ2n) is 4.35. The van der Waals surface area contributed by atoms with Gasteiger partial charge in [-0.25, -0.2) is 0 Å². The van der Waals surface area contributed by atoms with E-state index in [1.54, 1.807) is 4.90 Å². The molecule has 0 bridgehead atoms. The highest BCUT2D eigenvalue weighted by Gasteiger charge is 2.23. The van der Waals surface area contributed by atoms with Gasteiger partial charge in [-0.15, -0.1) is 0 Å². The summed E-state index contributed by atoms with van der Waals surface area (Å²) in [4.78, 5) is 13.3. The molecule has 0 saturated carbocycles. The lowest BCUT2D eigenvalue weighted by molar-refractivity contribution is -0.117. The summed E-state index contributed by atoms with van der Waals surface area (Å²) in [5, 5.41) is 3.37. The van der Waals surface area contributed by atoms with Crippen LogP contribution in [0.3, 0.4) is 0 Å². The lowest BCUT2D eigenvalue weighted by Gasteiger charge is -2.10. The molecule has 1 aliphatic heterocycles. The Balaban J connectivity index is 1.98. The highest BCUT2D eigenvalue weighted by molar-refractivity contribution is 7.80. The first-order chi connectivity index (χ1) is 8.22. The van der Waals surface area contributed by atoms with Crippen LogP contribution in [0.5, 0.6) is 0 Å². The SMILES string of the molecule is CN1C(=O)Cc2cc(CNCCCS)ccc21. The number of rotatable bonds is 5. The van der Waals surface area contributed by atoms with E-state index < -0.39 is 0 Å². The zero-order valence-electron chi connectivity index (χ0n) is 10.1. The third-order valence-electron chi connectivity index (χ3n) is 3.06. The molecule has 1 aromatic carbocycles. The molecule has 2 rings (SSSR count).